The second-order valence-corrected chi connectivity index (χ2v) is 15.4. The zero-order valence-electron chi connectivity index (χ0n) is 27.9. The Balaban J connectivity index is 1.26. The number of fused-ring (bicyclic) bond motifs is 8. The molecule has 242 valence electrons. The fourth-order valence-electron chi connectivity index (χ4n) is 7.93. The molecule has 0 saturated carbocycles. The number of nitrogens with zero attached hydrogens (tertiary/aromatic N) is 2. The Hall–Kier alpha value is -6.20. The summed E-state index contributed by atoms with van der Waals surface area (Å²) in [6.45, 7) is 0. The highest BCUT2D eigenvalue weighted by atomic mass is 32.1. The van der Waals surface area contributed by atoms with Crippen molar-refractivity contribution in [3.05, 3.63) is 170 Å². The predicted octanol–water partition coefficient (Wildman–Crippen LogP) is 14.2. The Bertz CT molecular complexity index is 3070. The van der Waals surface area contributed by atoms with Crippen LogP contribution in [0.1, 0.15) is 0 Å². The van der Waals surface area contributed by atoms with E-state index >= 15 is 0 Å². The number of hydrogen-bond donors (Lipinski definition) is 0. The van der Waals surface area contributed by atoms with Crippen LogP contribution in [0.4, 0.5) is 0 Å². The maximum Gasteiger partial charge on any atom is 0.161 e. The smallest absolute Gasteiger partial charge is 0.161 e. The molecule has 11 rings (SSSR count). The van der Waals surface area contributed by atoms with E-state index in [4.69, 9.17) is 9.97 Å². The minimum Gasteiger partial charge on any atom is -0.228 e. The molecule has 0 aliphatic rings. The predicted molar refractivity (Wildman–Crippen MR) is 225 cm³/mol. The van der Waals surface area contributed by atoms with Crippen molar-refractivity contribution >= 4 is 84.6 Å². The topological polar surface area (TPSA) is 25.8 Å². The lowest BCUT2D eigenvalue weighted by molar-refractivity contribution is 1.19. The second-order valence-electron chi connectivity index (χ2n) is 13.3. The summed E-state index contributed by atoms with van der Waals surface area (Å²) < 4.78 is 5.04. The summed E-state index contributed by atoms with van der Waals surface area (Å²) in [6, 6.07) is 61.2. The summed E-state index contributed by atoms with van der Waals surface area (Å²) in [6.07, 6.45) is 0. The van der Waals surface area contributed by atoms with Crippen LogP contribution in [0.2, 0.25) is 0 Å². The van der Waals surface area contributed by atoms with Crippen LogP contribution >= 0.6 is 22.7 Å². The first kappa shape index (κ1) is 29.5. The summed E-state index contributed by atoms with van der Waals surface area (Å²) in [7, 11) is 0. The molecule has 0 radical (unpaired) electrons. The number of aromatic nitrogens is 2. The fourth-order valence-corrected chi connectivity index (χ4v) is 10.4. The number of thiophene rings is 2. The van der Waals surface area contributed by atoms with Crippen molar-refractivity contribution in [3.63, 3.8) is 0 Å². The summed E-state index contributed by atoms with van der Waals surface area (Å²) in [5.41, 5.74) is 7.44. The average Bonchev–Trinajstić information content (AvgIpc) is 3.79. The molecule has 0 bridgehead atoms. The Morgan fingerprint density at radius 3 is 1.42 bits per heavy atom. The van der Waals surface area contributed by atoms with E-state index in [1.807, 2.05) is 22.7 Å². The van der Waals surface area contributed by atoms with Crippen LogP contribution in [0, 0.1) is 0 Å². The minimum atomic E-state index is 0.725. The highest BCUT2D eigenvalue weighted by Crippen LogP contribution is 2.45. The third-order valence-electron chi connectivity index (χ3n) is 10.3. The first-order chi connectivity index (χ1) is 25.8. The van der Waals surface area contributed by atoms with Gasteiger partial charge in [-0.25, -0.2) is 9.97 Å². The summed E-state index contributed by atoms with van der Waals surface area (Å²) in [5.74, 6) is 0.725. The van der Waals surface area contributed by atoms with Crippen LogP contribution in [0.25, 0.3) is 107 Å². The maximum absolute atomic E-state index is 5.56. The molecule has 3 aromatic heterocycles. The van der Waals surface area contributed by atoms with E-state index in [0.717, 1.165) is 50.2 Å². The lowest BCUT2D eigenvalue weighted by Crippen LogP contribution is -1.99. The first-order valence-electron chi connectivity index (χ1n) is 17.5. The molecule has 0 saturated heterocycles. The molecule has 3 heterocycles. The number of hydrogen-bond acceptors (Lipinski definition) is 4. The zero-order chi connectivity index (χ0) is 34.2. The Morgan fingerprint density at radius 2 is 0.788 bits per heavy atom. The van der Waals surface area contributed by atoms with Crippen molar-refractivity contribution < 1.29 is 0 Å². The SMILES string of the molecule is c1ccc2c(-c3ccc4ccccc4c3-c3nc(-c4cccc5c4sc4ccccc45)cc(-c4cccc5c4sc4ccccc45)n3)cccc2c1. The van der Waals surface area contributed by atoms with Gasteiger partial charge in [-0.1, -0.05) is 152 Å². The third kappa shape index (κ3) is 4.55. The van der Waals surface area contributed by atoms with Gasteiger partial charge in [0.15, 0.2) is 5.82 Å². The van der Waals surface area contributed by atoms with Gasteiger partial charge in [0.1, 0.15) is 0 Å². The van der Waals surface area contributed by atoms with Gasteiger partial charge in [-0.05, 0) is 50.9 Å². The highest BCUT2D eigenvalue weighted by Gasteiger charge is 2.21. The molecular weight excluding hydrogens is 669 g/mol. The van der Waals surface area contributed by atoms with Gasteiger partial charge in [0, 0.05) is 57.0 Å². The Morgan fingerprint density at radius 1 is 0.327 bits per heavy atom. The van der Waals surface area contributed by atoms with Crippen LogP contribution in [0.5, 0.6) is 0 Å². The molecule has 11 aromatic rings. The van der Waals surface area contributed by atoms with Gasteiger partial charge in [0.05, 0.1) is 11.4 Å². The average molecular weight is 697 g/mol. The highest BCUT2D eigenvalue weighted by molar-refractivity contribution is 7.26. The van der Waals surface area contributed by atoms with E-state index in [-0.39, 0.29) is 0 Å². The molecule has 52 heavy (non-hydrogen) atoms. The van der Waals surface area contributed by atoms with E-state index in [1.54, 1.807) is 0 Å². The summed E-state index contributed by atoms with van der Waals surface area (Å²) in [5, 5.41) is 9.79. The van der Waals surface area contributed by atoms with Crippen LogP contribution < -0.4 is 0 Å². The Kier molecular flexibility index (Phi) is 6.63. The van der Waals surface area contributed by atoms with Gasteiger partial charge >= 0.3 is 0 Å². The van der Waals surface area contributed by atoms with E-state index in [2.05, 4.69) is 170 Å². The monoisotopic (exact) mass is 696 g/mol. The van der Waals surface area contributed by atoms with E-state index in [0.29, 0.717) is 0 Å². The molecule has 0 amide bonds. The van der Waals surface area contributed by atoms with Crippen LogP contribution in [0.15, 0.2) is 170 Å². The van der Waals surface area contributed by atoms with Gasteiger partial charge in [-0.3, -0.25) is 0 Å². The molecule has 0 spiro atoms. The van der Waals surface area contributed by atoms with Gasteiger partial charge in [-0.2, -0.15) is 0 Å². The lowest BCUT2D eigenvalue weighted by Gasteiger charge is -2.17. The van der Waals surface area contributed by atoms with Crippen LogP contribution in [-0.4, -0.2) is 9.97 Å². The summed E-state index contributed by atoms with van der Waals surface area (Å²) >= 11 is 3.68. The molecule has 0 aliphatic carbocycles. The Labute approximate surface area is 307 Å². The quantitative estimate of drug-likeness (QED) is 0.183. The zero-order valence-corrected chi connectivity index (χ0v) is 29.5. The molecule has 0 aliphatic heterocycles. The molecular formula is C48H28N2S2. The van der Waals surface area contributed by atoms with E-state index in [1.165, 1.54) is 56.7 Å². The van der Waals surface area contributed by atoms with Gasteiger partial charge in [0.2, 0.25) is 0 Å². The molecule has 0 unspecified atom stereocenters. The van der Waals surface area contributed by atoms with Crippen LogP contribution in [0.3, 0.4) is 0 Å². The standard InChI is InChI=1S/C48H28N2S2/c1-3-15-31-29(12-1)14-9-19-33(31)36-27-26-30-13-2-4-16-32(30)45(36)48-49-41(39-22-10-20-37-34-17-5-7-24-43(34)51-46(37)39)28-42(50-48)40-23-11-21-38-35-18-6-8-25-44(35)52-47(38)40/h1-28H. The molecule has 0 fully saturated rings. The largest absolute Gasteiger partial charge is 0.228 e. The van der Waals surface area contributed by atoms with Gasteiger partial charge in [-0.15, -0.1) is 22.7 Å². The second kappa shape index (κ2) is 11.7. The van der Waals surface area contributed by atoms with E-state index < -0.39 is 0 Å². The number of benzene rings is 8. The van der Waals surface area contributed by atoms with Gasteiger partial charge < -0.3 is 0 Å². The lowest BCUT2D eigenvalue weighted by atomic mass is 9.90. The molecule has 8 aromatic carbocycles. The first-order valence-corrected chi connectivity index (χ1v) is 19.1. The van der Waals surface area contributed by atoms with Crippen molar-refractivity contribution in [2.45, 2.75) is 0 Å². The van der Waals surface area contributed by atoms with Gasteiger partial charge in [0.25, 0.3) is 0 Å². The van der Waals surface area contributed by atoms with Crippen molar-refractivity contribution in [2.24, 2.45) is 0 Å². The fraction of sp³-hybridized carbons (Fsp3) is 0. The van der Waals surface area contributed by atoms with Crippen molar-refractivity contribution in [3.8, 4) is 45.0 Å². The van der Waals surface area contributed by atoms with Crippen molar-refractivity contribution in [1.82, 2.24) is 9.97 Å². The third-order valence-corrected chi connectivity index (χ3v) is 12.8. The molecule has 0 atom stereocenters. The minimum absolute atomic E-state index is 0.725. The molecule has 2 nitrogen and oxygen atoms in total. The normalized spacial score (nSPS) is 11.8. The van der Waals surface area contributed by atoms with E-state index in [9.17, 15) is 0 Å². The molecule has 0 N–H and O–H groups in total. The van der Waals surface area contributed by atoms with Crippen molar-refractivity contribution in [2.75, 3.05) is 0 Å². The maximum atomic E-state index is 5.56. The summed E-state index contributed by atoms with van der Waals surface area (Å²) in [4.78, 5) is 11.1. The van der Waals surface area contributed by atoms with Crippen LogP contribution in [-0.2, 0) is 0 Å². The number of rotatable bonds is 4. The van der Waals surface area contributed by atoms with Crippen molar-refractivity contribution in [1.29, 1.82) is 0 Å². The molecule has 4 heteroatoms.